The Labute approximate surface area is 113 Å². The average molecular weight is 261 g/mol. The van der Waals surface area contributed by atoms with Crippen LogP contribution in [-0.4, -0.2) is 18.2 Å². The summed E-state index contributed by atoms with van der Waals surface area (Å²) >= 11 is 0. The summed E-state index contributed by atoms with van der Waals surface area (Å²) in [4.78, 5) is 11.7. The highest BCUT2D eigenvalue weighted by atomic mass is 16.5. The van der Waals surface area contributed by atoms with E-state index < -0.39 is 6.09 Å². The summed E-state index contributed by atoms with van der Waals surface area (Å²) in [6.07, 6.45) is 5.19. The lowest BCUT2D eigenvalue weighted by Crippen LogP contribution is -2.42. The highest BCUT2D eigenvalue weighted by Gasteiger charge is 2.21. The molecule has 102 valence electrons. The Hall–Kier alpha value is -1.97. The number of ether oxygens (including phenoxy) is 2. The van der Waals surface area contributed by atoms with E-state index >= 15 is 0 Å². The normalized spacial score (nSPS) is 19.3. The van der Waals surface area contributed by atoms with Crippen LogP contribution in [0.5, 0.6) is 0 Å². The molecule has 0 radical (unpaired) electrons. The van der Waals surface area contributed by atoms with Gasteiger partial charge < -0.3 is 14.8 Å². The molecule has 1 aromatic carbocycles. The van der Waals surface area contributed by atoms with Gasteiger partial charge in [0.05, 0.1) is 12.3 Å². The maximum absolute atomic E-state index is 11.7. The third kappa shape index (κ3) is 4.32. The molecule has 1 amide bonds. The van der Waals surface area contributed by atoms with Crippen molar-refractivity contribution >= 4 is 6.09 Å². The fourth-order valence-corrected chi connectivity index (χ4v) is 1.96. The van der Waals surface area contributed by atoms with E-state index in [0.29, 0.717) is 0 Å². The Morgan fingerprint density at radius 3 is 2.95 bits per heavy atom. The third-order valence-corrected chi connectivity index (χ3v) is 3.08. The van der Waals surface area contributed by atoms with E-state index in [1.807, 2.05) is 43.3 Å². The van der Waals surface area contributed by atoms with Crippen LogP contribution >= 0.6 is 0 Å². The number of nitrogens with one attached hydrogen (secondary N) is 1. The maximum Gasteiger partial charge on any atom is 0.407 e. The van der Waals surface area contributed by atoms with Crippen LogP contribution in [0.4, 0.5) is 4.79 Å². The lowest BCUT2D eigenvalue weighted by Gasteiger charge is -2.25. The van der Waals surface area contributed by atoms with E-state index in [9.17, 15) is 4.79 Å². The first-order valence-corrected chi connectivity index (χ1v) is 6.53. The molecule has 19 heavy (non-hydrogen) atoms. The topological polar surface area (TPSA) is 47.6 Å². The van der Waals surface area contributed by atoms with Crippen LogP contribution in [0.25, 0.3) is 0 Å². The predicted octanol–water partition coefficient (Wildman–Crippen LogP) is 2.99. The van der Waals surface area contributed by atoms with Crippen LogP contribution in [0.15, 0.2) is 42.7 Å². The molecule has 0 spiro atoms. The number of hydrogen-bond acceptors (Lipinski definition) is 3. The number of allylic oxidation sites excluding steroid dienone is 1. The van der Waals surface area contributed by atoms with E-state index in [0.717, 1.165) is 18.4 Å². The van der Waals surface area contributed by atoms with Gasteiger partial charge in [-0.25, -0.2) is 4.79 Å². The van der Waals surface area contributed by atoms with E-state index in [2.05, 4.69) is 5.32 Å². The van der Waals surface area contributed by atoms with Crippen molar-refractivity contribution in [1.29, 1.82) is 0 Å². The molecule has 0 fully saturated rings. The van der Waals surface area contributed by atoms with Gasteiger partial charge in [0.1, 0.15) is 12.7 Å². The van der Waals surface area contributed by atoms with Crippen LogP contribution < -0.4 is 5.32 Å². The van der Waals surface area contributed by atoms with Crippen LogP contribution in [0.1, 0.15) is 25.3 Å². The second-order valence-electron chi connectivity index (χ2n) is 4.62. The number of rotatable bonds is 4. The fourth-order valence-electron chi connectivity index (χ4n) is 1.96. The first kappa shape index (κ1) is 13.5. The van der Waals surface area contributed by atoms with Gasteiger partial charge in [-0.2, -0.15) is 0 Å². The third-order valence-electron chi connectivity index (χ3n) is 3.08. The molecule has 0 aromatic heterocycles. The Balaban J connectivity index is 1.73. The lowest BCUT2D eigenvalue weighted by molar-refractivity contribution is 0.0811. The monoisotopic (exact) mass is 261 g/mol. The van der Waals surface area contributed by atoms with Crippen LogP contribution in [-0.2, 0) is 16.1 Å². The minimum absolute atomic E-state index is 0.0225. The minimum atomic E-state index is -0.408. The summed E-state index contributed by atoms with van der Waals surface area (Å²) in [5.41, 5.74) is 0.974. The molecule has 0 bridgehead atoms. The first-order chi connectivity index (χ1) is 9.25. The average Bonchev–Trinajstić information content (AvgIpc) is 2.47. The van der Waals surface area contributed by atoms with Crippen molar-refractivity contribution in [3.05, 3.63) is 48.2 Å². The molecular formula is C15H19NO3. The molecule has 0 saturated heterocycles. The number of carbonyl (C=O) groups is 1. The summed E-state index contributed by atoms with van der Waals surface area (Å²) < 4.78 is 10.6. The standard InChI is InChI=1S/C15H19NO3/c1-12(14-9-5-6-10-18-14)16-15(17)19-11-13-7-3-2-4-8-13/h2-4,6-8,10,12,14H,5,9,11H2,1H3,(H,16,17). The zero-order valence-electron chi connectivity index (χ0n) is 11.0. The van der Waals surface area contributed by atoms with Gasteiger partial charge in [0.15, 0.2) is 0 Å². The molecule has 4 nitrogen and oxygen atoms in total. The Morgan fingerprint density at radius 2 is 2.26 bits per heavy atom. The van der Waals surface area contributed by atoms with Gasteiger partial charge in [0.25, 0.3) is 0 Å². The Kier molecular flexibility index (Phi) is 4.84. The van der Waals surface area contributed by atoms with Crippen molar-refractivity contribution in [3.8, 4) is 0 Å². The van der Waals surface area contributed by atoms with Crippen molar-refractivity contribution in [2.75, 3.05) is 0 Å². The molecule has 1 heterocycles. The van der Waals surface area contributed by atoms with E-state index in [1.165, 1.54) is 0 Å². The molecule has 4 heteroatoms. The summed E-state index contributed by atoms with van der Waals surface area (Å²) in [6.45, 7) is 2.21. The quantitative estimate of drug-likeness (QED) is 0.906. The van der Waals surface area contributed by atoms with Crippen LogP contribution in [0.3, 0.4) is 0 Å². The molecule has 2 atom stereocenters. The van der Waals surface area contributed by atoms with Gasteiger partial charge in [-0.15, -0.1) is 0 Å². The second-order valence-corrected chi connectivity index (χ2v) is 4.62. The second kappa shape index (κ2) is 6.83. The van der Waals surface area contributed by atoms with E-state index in [1.54, 1.807) is 6.26 Å². The molecule has 2 unspecified atom stereocenters. The molecule has 2 rings (SSSR count). The highest BCUT2D eigenvalue weighted by Crippen LogP contribution is 2.13. The number of hydrogen-bond donors (Lipinski definition) is 1. The number of alkyl carbamates (subject to hydrolysis) is 1. The summed E-state index contributed by atoms with van der Waals surface area (Å²) in [6, 6.07) is 9.55. The van der Waals surface area contributed by atoms with Crippen molar-refractivity contribution in [3.63, 3.8) is 0 Å². The van der Waals surface area contributed by atoms with Gasteiger partial charge in [-0.05, 0) is 31.4 Å². The fraction of sp³-hybridized carbons (Fsp3) is 0.400. The number of carbonyl (C=O) groups excluding carboxylic acids is 1. The molecule has 1 aromatic rings. The first-order valence-electron chi connectivity index (χ1n) is 6.53. The lowest BCUT2D eigenvalue weighted by atomic mass is 10.1. The SMILES string of the molecule is CC(NC(=O)OCc1ccccc1)C1CCC=CO1. The van der Waals surface area contributed by atoms with Gasteiger partial charge >= 0.3 is 6.09 Å². The Morgan fingerprint density at radius 1 is 1.47 bits per heavy atom. The van der Waals surface area contributed by atoms with Gasteiger partial charge in [-0.3, -0.25) is 0 Å². The molecule has 1 N–H and O–H groups in total. The molecular weight excluding hydrogens is 242 g/mol. The van der Waals surface area contributed by atoms with Gasteiger partial charge in [0.2, 0.25) is 0 Å². The summed E-state index contributed by atoms with van der Waals surface area (Å²) in [5.74, 6) is 0. The highest BCUT2D eigenvalue weighted by molar-refractivity contribution is 5.67. The van der Waals surface area contributed by atoms with Gasteiger partial charge in [-0.1, -0.05) is 30.3 Å². The van der Waals surface area contributed by atoms with Crippen LogP contribution in [0.2, 0.25) is 0 Å². The van der Waals surface area contributed by atoms with Crippen molar-refractivity contribution in [2.24, 2.45) is 0 Å². The molecule has 1 aliphatic rings. The smallest absolute Gasteiger partial charge is 0.407 e. The maximum atomic E-state index is 11.7. The number of benzene rings is 1. The largest absolute Gasteiger partial charge is 0.496 e. The van der Waals surface area contributed by atoms with E-state index in [-0.39, 0.29) is 18.8 Å². The zero-order valence-corrected chi connectivity index (χ0v) is 11.0. The van der Waals surface area contributed by atoms with Crippen molar-refractivity contribution in [2.45, 2.75) is 38.5 Å². The van der Waals surface area contributed by atoms with Crippen molar-refractivity contribution < 1.29 is 14.3 Å². The zero-order chi connectivity index (χ0) is 13.5. The van der Waals surface area contributed by atoms with Gasteiger partial charge in [0, 0.05) is 0 Å². The Bertz CT molecular complexity index is 430. The van der Waals surface area contributed by atoms with E-state index in [4.69, 9.17) is 9.47 Å². The molecule has 0 aliphatic carbocycles. The molecule has 0 saturated carbocycles. The van der Waals surface area contributed by atoms with Crippen LogP contribution in [0, 0.1) is 0 Å². The predicted molar refractivity (Wildman–Crippen MR) is 72.5 cm³/mol. The number of amides is 1. The van der Waals surface area contributed by atoms with Crippen molar-refractivity contribution in [1.82, 2.24) is 5.32 Å². The summed E-state index contributed by atoms with van der Waals surface area (Å²) in [7, 11) is 0. The molecule has 1 aliphatic heterocycles. The minimum Gasteiger partial charge on any atom is -0.496 e. The summed E-state index contributed by atoms with van der Waals surface area (Å²) in [5, 5.41) is 2.80.